The van der Waals surface area contributed by atoms with E-state index in [-0.39, 0.29) is 5.91 Å². The molecule has 4 nitrogen and oxygen atoms in total. The highest BCUT2D eigenvalue weighted by Crippen LogP contribution is 2.31. The second-order valence-corrected chi connectivity index (χ2v) is 6.10. The molecule has 24 heavy (non-hydrogen) atoms. The van der Waals surface area contributed by atoms with Gasteiger partial charge in [0.25, 0.3) is 5.91 Å². The first-order chi connectivity index (χ1) is 11.5. The number of benzene rings is 2. The van der Waals surface area contributed by atoms with Gasteiger partial charge < -0.3 is 10.1 Å². The Morgan fingerprint density at radius 3 is 2.67 bits per heavy atom. The van der Waals surface area contributed by atoms with E-state index in [4.69, 9.17) is 28.6 Å². The Hall–Kier alpha value is -2.37. The smallest absolute Gasteiger partial charge is 0.281 e. The predicted octanol–water partition coefficient (Wildman–Crippen LogP) is 3.92. The lowest BCUT2D eigenvalue weighted by Gasteiger charge is -2.15. The van der Waals surface area contributed by atoms with Crippen molar-refractivity contribution in [2.24, 2.45) is 0 Å². The summed E-state index contributed by atoms with van der Waals surface area (Å²) in [4.78, 5) is 14.2. The summed E-state index contributed by atoms with van der Waals surface area (Å²) in [5.41, 5.74) is 3.07. The van der Waals surface area contributed by atoms with Crippen LogP contribution < -0.4 is 15.0 Å². The number of nitrogens with zero attached hydrogens (tertiary/aromatic N) is 1. The van der Waals surface area contributed by atoms with Crippen LogP contribution in [0.3, 0.4) is 0 Å². The van der Waals surface area contributed by atoms with Crippen molar-refractivity contribution >= 4 is 46.6 Å². The number of carbonyl (C=O) groups excluding carboxylic acids is 1. The molecular weight excluding hydrogens is 344 g/mol. The van der Waals surface area contributed by atoms with E-state index >= 15 is 0 Å². The minimum Gasteiger partial charge on any atom is -0.495 e. The molecule has 1 N–H and O–H groups in total. The molecule has 1 aliphatic heterocycles. The van der Waals surface area contributed by atoms with Crippen LogP contribution >= 0.6 is 23.8 Å². The van der Waals surface area contributed by atoms with Gasteiger partial charge in [-0.25, -0.2) is 0 Å². The largest absolute Gasteiger partial charge is 0.495 e. The number of hydrogen-bond acceptors (Lipinski definition) is 3. The van der Waals surface area contributed by atoms with E-state index in [1.807, 2.05) is 31.2 Å². The van der Waals surface area contributed by atoms with Gasteiger partial charge in [-0.1, -0.05) is 35.9 Å². The van der Waals surface area contributed by atoms with Crippen LogP contribution in [-0.4, -0.2) is 18.1 Å². The molecule has 122 valence electrons. The zero-order valence-electron chi connectivity index (χ0n) is 13.2. The minimum atomic E-state index is -0.218. The van der Waals surface area contributed by atoms with E-state index in [1.165, 1.54) is 12.0 Å². The molecule has 0 spiro atoms. The van der Waals surface area contributed by atoms with Gasteiger partial charge in [0.15, 0.2) is 5.11 Å². The van der Waals surface area contributed by atoms with Crippen molar-refractivity contribution in [1.82, 2.24) is 5.32 Å². The molecule has 1 fully saturated rings. The predicted molar refractivity (Wildman–Crippen MR) is 100 cm³/mol. The monoisotopic (exact) mass is 358 g/mol. The molecule has 3 rings (SSSR count). The van der Waals surface area contributed by atoms with Gasteiger partial charge in [0, 0.05) is 0 Å². The maximum absolute atomic E-state index is 12.7. The molecule has 0 unspecified atom stereocenters. The van der Waals surface area contributed by atoms with Crippen molar-refractivity contribution in [2.45, 2.75) is 6.92 Å². The van der Waals surface area contributed by atoms with Crippen molar-refractivity contribution in [3.05, 3.63) is 64.3 Å². The number of carbonyl (C=O) groups is 1. The lowest BCUT2D eigenvalue weighted by Crippen LogP contribution is -2.30. The number of aryl methyl sites for hydroxylation is 1. The molecule has 0 bridgehead atoms. The quantitative estimate of drug-likeness (QED) is 0.667. The third kappa shape index (κ3) is 3.00. The summed E-state index contributed by atoms with van der Waals surface area (Å²) in [7, 11) is 1.54. The van der Waals surface area contributed by atoms with E-state index in [1.54, 1.807) is 24.3 Å². The average Bonchev–Trinajstić information content (AvgIpc) is 2.83. The zero-order chi connectivity index (χ0) is 17.3. The topological polar surface area (TPSA) is 41.6 Å². The van der Waals surface area contributed by atoms with Crippen LogP contribution in [-0.2, 0) is 4.79 Å². The summed E-state index contributed by atoms with van der Waals surface area (Å²) in [5.74, 6) is 0.325. The summed E-state index contributed by atoms with van der Waals surface area (Å²) < 4.78 is 5.13. The van der Waals surface area contributed by atoms with E-state index < -0.39 is 0 Å². The van der Waals surface area contributed by atoms with Gasteiger partial charge in [-0.05, 0) is 54.5 Å². The van der Waals surface area contributed by atoms with Crippen molar-refractivity contribution < 1.29 is 9.53 Å². The SMILES string of the molecule is COc1ccc(N2C(=O)/C(=C/c3ccccc3C)NC2=S)cc1Cl. The Kier molecular flexibility index (Phi) is 4.55. The Morgan fingerprint density at radius 1 is 1.25 bits per heavy atom. The molecular formula is C18H15ClN2O2S. The number of amides is 1. The molecule has 0 aliphatic carbocycles. The zero-order valence-corrected chi connectivity index (χ0v) is 14.7. The maximum atomic E-state index is 12.7. The molecule has 0 saturated carbocycles. The summed E-state index contributed by atoms with van der Waals surface area (Å²) >= 11 is 11.5. The summed E-state index contributed by atoms with van der Waals surface area (Å²) in [6, 6.07) is 12.9. The number of halogens is 1. The van der Waals surface area contributed by atoms with Crippen LogP contribution in [0, 0.1) is 6.92 Å². The van der Waals surface area contributed by atoms with Crippen LogP contribution in [0.1, 0.15) is 11.1 Å². The summed E-state index contributed by atoms with van der Waals surface area (Å²) in [5, 5.41) is 3.71. The van der Waals surface area contributed by atoms with Gasteiger partial charge in [0.05, 0.1) is 17.8 Å². The van der Waals surface area contributed by atoms with E-state index in [9.17, 15) is 4.79 Å². The Balaban J connectivity index is 1.95. The third-order valence-corrected chi connectivity index (χ3v) is 4.34. The lowest BCUT2D eigenvalue weighted by molar-refractivity contribution is -0.113. The van der Waals surface area contributed by atoms with Crippen molar-refractivity contribution in [1.29, 1.82) is 0 Å². The van der Waals surface area contributed by atoms with Crippen LogP contribution in [0.2, 0.25) is 5.02 Å². The van der Waals surface area contributed by atoms with Crippen molar-refractivity contribution in [3.63, 3.8) is 0 Å². The molecule has 1 heterocycles. The molecule has 1 saturated heterocycles. The standard InChI is InChI=1S/C18H15ClN2O2S/c1-11-5-3-4-6-12(11)9-15-17(22)21(18(24)20-15)13-7-8-16(23-2)14(19)10-13/h3-10H,1-2H3,(H,20,24)/b15-9-. The highest BCUT2D eigenvalue weighted by atomic mass is 35.5. The van der Waals surface area contributed by atoms with Crippen LogP contribution in [0.15, 0.2) is 48.2 Å². The van der Waals surface area contributed by atoms with E-state index in [0.29, 0.717) is 27.3 Å². The molecule has 2 aromatic carbocycles. The Bertz CT molecular complexity index is 864. The molecule has 6 heteroatoms. The van der Waals surface area contributed by atoms with Gasteiger partial charge in [-0.2, -0.15) is 0 Å². The minimum absolute atomic E-state index is 0.218. The number of rotatable bonds is 3. The highest BCUT2D eigenvalue weighted by molar-refractivity contribution is 7.80. The van der Waals surface area contributed by atoms with Gasteiger partial charge in [0.1, 0.15) is 11.4 Å². The fourth-order valence-corrected chi connectivity index (χ4v) is 3.02. The van der Waals surface area contributed by atoms with Crippen LogP contribution in [0.4, 0.5) is 5.69 Å². The second-order valence-electron chi connectivity index (χ2n) is 5.30. The number of methoxy groups -OCH3 is 1. The number of anilines is 1. The fourth-order valence-electron chi connectivity index (χ4n) is 2.47. The summed E-state index contributed by atoms with van der Waals surface area (Å²) in [6.07, 6.45) is 1.80. The molecule has 0 radical (unpaired) electrons. The van der Waals surface area contributed by atoms with Crippen LogP contribution in [0.25, 0.3) is 6.08 Å². The Labute approximate surface area is 150 Å². The van der Waals surface area contributed by atoms with Gasteiger partial charge >= 0.3 is 0 Å². The summed E-state index contributed by atoms with van der Waals surface area (Å²) in [6.45, 7) is 1.99. The molecule has 2 aromatic rings. The van der Waals surface area contributed by atoms with Gasteiger partial charge in [0.2, 0.25) is 0 Å². The van der Waals surface area contributed by atoms with E-state index in [0.717, 1.165) is 11.1 Å². The van der Waals surface area contributed by atoms with E-state index in [2.05, 4.69) is 5.32 Å². The fraction of sp³-hybridized carbons (Fsp3) is 0.111. The number of thiocarbonyl (C=S) groups is 1. The first-order valence-corrected chi connectivity index (χ1v) is 8.06. The molecule has 0 atom stereocenters. The normalized spacial score (nSPS) is 15.8. The number of nitrogens with one attached hydrogen (secondary N) is 1. The molecule has 0 aromatic heterocycles. The van der Waals surface area contributed by atoms with Gasteiger partial charge in [-0.3, -0.25) is 9.69 Å². The van der Waals surface area contributed by atoms with Gasteiger partial charge in [-0.15, -0.1) is 0 Å². The van der Waals surface area contributed by atoms with Crippen molar-refractivity contribution in [3.8, 4) is 5.75 Å². The first-order valence-electron chi connectivity index (χ1n) is 7.27. The third-order valence-electron chi connectivity index (χ3n) is 3.76. The van der Waals surface area contributed by atoms with Crippen LogP contribution in [0.5, 0.6) is 5.75 Å². The number of hydrogen-bond donors (Lipinski definition) is 1. The van der Waals surface area contributed by atoms with Crippen molar-refractivity contribution in [2.75, 3.05) is 12.0 Å². The first kappa shape index (κ1) is 16.5. The highest BCUT2D eigenvalue weighted by Gasteiger charge is 2.32. The molecule has 1 aliphatic rings. The Morgan fingerprint density at radius 2 is 2.00 bits per heavy atom. The molecule has 1 amide bonds. The number of ether oxygens (including phenoxy) is 1. The lowest BCUT2D eigenvalue weighted by atomic mass is 10.1. The average molecular weight is 359 g/mol. The maximum Gasteiger partial charge on any atom is 0.281 e. The second kappa shape index (κ2) is 6.63.